The molecule has 1 unspecified atom stereocenters. The number of esters is 1. The van der Waals surface area contributed by atoms with Crippen molar-refractivity contribution >= 4 is 16.9 Å². The molecular formula is C22H23F2N2O3+. The zero-order valence-electron chi connectivity index (χ0n) is 16.5. The van der Waals surface area contributed by atoms with Crippen LogP contribution in [0.5, 0.6) is 5.75 Å². The number of carbonyl (C=O) groups excluding carboxylic acids is 1. The van der Waals surface area contributed by atoms with Gasteiger partial charge in [-0.1, -0.05) is 18.2 Å². The van der Waals surface area contributed by atoms with Crippen LogP contribution >= 0.6 is 0 Å². The molecule has 3 rings (SSSR count). The number of hydrogen-bond donors (Lipinski definition) is 1. The molecule has 1 atom stereocenters. The van der Waals surface area contributed by atoms with Gasteiger partial charge in [0.05, 0.1) is 25.2 Å². The molecule has 0 saturated heterocycles. The van der Waals surface area contributed by atoms with E-state index in [2.05, 4.69) is 4.74 Å². The Bertz CT molecular complexity index is 1010. The first kappa shape index (κ1) is 20.7. The van der Waals surface area contributed by atoms with Gasteiger partial charge in [-0.2, -0.15) is 8.78 Å². The first-order valence-electron chi connectivity index (χ1n) is 9.20. The van der Waals surface area contributed by atoms with E-state index >= 15 is 0 Å². The molecule has 0 bridgehead atoms. The summed E-state index contributed by atoms with van der Waals surface area (Å²) in [4.78, 5) is 18.2. The third kappa shape index (κ3) is 4.86. The Balaban J connectivity index is 1.84. The summed E-state index contributed by atoms with van der Waals surface area (Å²) in [5.41, 5.74) is 3.79. The Hall–Kier alpha value is -3.06. The number of halogens is 2. The summed E-state index contributed by atoms with van der Waals surface area (Å²) in [5.74, 6) is -0.279. The Labute approximate surface area is 167 Å². The molecule has 7 heteroatoms. The summed E-state index contributed by atoms with van der Waals surface area (Å²) in [6.45, 7) is 0.193. The molecule has 0 spiro atoms. The number of nitrogens with zero attached hydrogens (tertiary/aromatic N) is 1. The van der Waals surface area contributed by atoms with E-state index in [1.807, 2.05) is 38.2 Å². The van der Waals surface area contributed by atoms with Crippen molar-refractivity contribution in [2.75, 3.05) is 14.2 Å². The van der Waals surface area contributed by atoms with Crippen LogP contribution in [0.2, 0.25) is 0 Å². The minimum atomic E-state index is -2.84. The number of alkyl halides is 2. The number of hydrogen-bond acceptors (Lipinski definition) is 4. The molecule has 5 nitrogen and oxygen atoms in total. The molecule has 1 heterocycles. The molecule has 29 heavy (non-hydrogen) atoms. The van der Waals surface area contributed by atoms with Gasteiger partial charge in [0.2, 0.25) is 0 Å². The molecule has 0 saturated carbocycles. The molecule has 2 aromatic carbocycles. The van der Waals surface area contributed by atoms with Gasteiger partial charge in [-0.3, -0.25) is 0 Å². The van der Waals surface area contributed by atoms with E-state index in [1.54, 1.807) is 12.1 Å². The monoisotopic (exact) mass is 401 g/mol. The number of benzene rings is 2. The summed E-state index contributed by atoms with van der Waals surface area (Å²) in [6, 6.07) is 14.2. The van der Waals surface area contributed by atoms with Crippen molar-refractivity contribution in [2.24, 2.45) is 0 Å². The zero-order valence-corrected chi connectivity index (χ0v) is 16.5. The normalized spacial score (nSPS) is 12.2. The van der Waals surface area contributed by atoms with Crippen LogP contribution in [0.15, 0.2) is 48.5 Å². The largest absolute Gasteiger partial charge is 0.465 e. The molecule has 0 radical (unpaired) electrons. The van der Waals surface area contributed by atoms with Gasteiger partial charge in [0, 0.05) is 10.9 Å². The first-order valence-corrected chi connectivity index (χ1v) is 9.20. The minimum Gasteiger partial charge on any atom is -0.465 e. The van der Waals surface area contributed by atoms with Crippen molar-refractivity contribution in [1.29, 1.82) is 0 Å². The lowest BCUT2D eigenvalue weighted by Gasteiger charge is -2.18. The van der Waals surface area contributed by atoms with Crippen LogP contribution in [0.3, 0.4) is 0 Å². The van der Waals surface area contributed by atoms with E-state index in [0.717, 1.165) is 26.9 Å². The van der Waals surface area contributed by atoms with E-state index in [-0.39, 0.29) is 5.75 Å². The third-order valence-electron chi connectivity index (χ3n) is 4.74. The molecule has 0 aliphatic carbocycles. The predicted octanol–water partition coefficient (Wildman–Crippen LogP) is 3.15. The molecular weight excluding hydrogens is 378 g/mol. The molecule has 0 fully saturated rings. The average molecular weight is 401 g/mol. The Morgan fingerprint density at radius 1 is 1.10 bits per heavy atom. The molecule has 152 valence electrons. The van der Waals surface area contributed by atoms with E-state index in [4.69, 9.17) is 9.72 Å². The van der Waals surface area contributed by atoms with Gasteiger partial charge in [-0.25, -0.2) is 9.78 Å². The van der Waals surface area contributed by atoms with Gasteiger partial charge in [0.15, 0.2) is 0 Å². The number of methoxy groups -OCH3 is 1. The summed E-state index contributed by atoms with van der Waals surface area (Å²) < 4.78 is 33.9. The molecule has 0 amide bonds. The zero-order chi connectivity index (χ0) is 21.0. The number of rotatable bonds is 7. The van der Waals surface area contributed by atoms with Gasteiger partial charge in [-0.05, 0) is 42.8 Å². The van der Waals surface area contributed by atoms with E-state index in [9.17, 15) is 13.6 Å². The van der Waals surface area contributed by atoms with Crippen LogP contribution in [0.25, 0.3) is 10.9 Å². The fraction of sp³-hybridized carbons (Fsp3) is 0.273. The van der Waals surface area contributed by atoms with E-state index < -0.39 is 12.6 Å². The van der Waals surface area contributed by atoms with Gasteiger partial charge in [0.1, 0.15) is 24.5 Å². The number of aryl methyl sites for hydroxylation is 1. The minimum absolute atomic E-state index is 0.126. The number of nitrogens with one attached hydrogen (secondary N) is 1. The Morgan fingerprint density at radius 3 is 2.45 bits per heavy atom. The number of fused-ring (bicyclic) bond motifs is 1. The van der Waals surface area contributed by atoms with Gasteiger partial charge in [-0.15, -0.1) is 0 Å². The van der Waals surface area contributed by atoms with Gasteiger partial charge < -0.3 is 14.4 Å². The van der Waals surface area contributed by atoms with Crippen molar-refractivity contribution in [1.82, 2.24) is 4.98 Å². The maximum absolute atomic E-state index is 12.4. The summed E-state index contributed by atoms with van der Waals surface area (Å²) in [5, 5.41) is 0.920. The topological polar surface area (TPSA) is 52.9 Å². The highest BCUT2D eigenvalue weighted by Crippen LogP contribution is 2.23. The van der Waals surface area contributed by atoms with Crippen LogP contribution in [0.1, 0.15) is 27.2 Å². The maximum Gasteiger partial charge on any atom is 0.387 e. The smallest absolute Gasteiger partial charge is 0.387 e. The van der Waals surface area contributed by atoms with Crippen molar-refractivity contribution in [3.8, 4) is 5.75 Å². The maximum atomic E-state index is 12.4. The molecule has 0 aliphatic heterocycles. The predicted molar refractivity (Wildman–Crippen MR) is 105 cm³/mol. The second-order valence-corrected chi connectivity index (χ2v) is 6.90. The number of ether oxygens (including phenoxy) is 2. The molecule has 1 aromatic heterocycles. The lowest BCUT2D eigenvalue weighted by atomic mass is 10.0. The number of para-hydroxylation sites is 1. The summed E-state index contributed by atoms with van der Waals surface area (Å²) >= 11 is 0. The SMILES string of the molecule is COC(=O)c1c(C[NH+](C)Cc2ccc(OC(F)F)cc2)nc2ccccc2c1C. The van der Waals surface area contributed by atoms with Crippen LogP contribution < -0.4 is 9.64 Å². The summed E-state index contributed by atoms with van der Waals surface area (Å²) in [7, 11) is 3.34. The highest BCUT2D eigenvalue weighted by molar-refractivity contribution is 5.98. The standard InChI is InChI=1S/C22H22F2N2O3/c1-14-17-6-4-5-7-18(17)25-19(20(14)21(27)28-3)13-26(2)12-15-8-10-16(11-9-15)29-22(23)24/h4-11,22H,12-13H2,1-3H3/p+1. The molecule has 0 aliphatic rings. The number of carbonyl (C=O) groups is 1. The third-order valence-corrected chi connectivity index (χ3v) is 4.74. The van der Waals surface area contributed by atoms with Crippen molar-refractivity contribution < 1.29 is 27.9 Å². The Kier molecular flexibility index (Phi) is 6.39. The average Bonchev–Trinajstić information content (AvgIpc) is 2.69. The van der Waals surface area contributed by atoms with Crippen LogP contribution in [-0.4, -0.2) is 31.7 Å². The number of pyridine rings is 1. The van der Waals surface area contributed by atoms with E-state index in [0.29, 0.717) is 24.3 Å². The first-order chi connectivity index (χ1) is 13.9. The lowest BCUT2D eigenvalue weighted by Crippen LogP contribution is -3.06. The Morgan fingerprint density at radius 2 is 1.79 bits per heavy atom. The van der Waals surface area contributed by atoms with Gasteiger partial charge in [0.25, 0.3) is 0 Å². The highest BCUT2D eigenvalue weighted by Gasteiger charge is 2.22. The van der Waals surface area contributed by atoms with Crippen LogP contribution in [-0.2, 0) is 17.8 Å². The van der Waals surface area contributed by atoms with Gasteiger partial charge >= 0.3 is 12.6 Å². The number of aromatic nitrogens is 1. The lowest BCUT2D eigenvalue weighted by molar-refractivity contribution is -0.908. The van der Waals surface area contributed by atoms with Crippen molar-refractivity contribution in [3.05, 3.63) is 70.9 Å². The van der Waals surface area contributed by atoms with Crippen molar-refractivity contribution in [2.45, 2.75) is 26.6 Å². The summed E-state index contributed by atoms with van der Waals surface area (Å²) in [6.07, 6.45) is 0. The van der Waals surface area contributed by atoms with E-state index in [1.165, 1.54) is 19.2 Å². The highest BCUT2D eigenvalue weighted by atomic mass is 19.3. The fourth-order valence-corrected chi connectivity index (χ4v) is 3.43. The van der Waals surface area contributed by atoms with Crippen molar-refractivity contribution in [3.63, 3.8) is 0 Å². The second-order valence-electron chi connectivity index (χ2n) is 6.90. The number of quaternary nitrogens is 1. The fourth-order valence-electron chi connectivity index (χ4n) is 3.43. The molecule has 1 N–H and O–H groups in total. The van der Waals surface area contributed by atoms with Crippen LogP contribution in [0.4, 0.5) is 8.78 Å². The second kappa shape index (κ2) is 8.96. The van der Waals surface area contributed by atoms with Crippen LogP contribution in [0, 0.1) is 6.92 Å². The molecule has 3 aromatic rings. The quantitative estimate of drug-likeness (QED) is 0.618.